The Kier molecular flexibility index (Phi) is 7.24. The van der Waals surface area contributed by atoms with Crippen LogP contribution in [0.5, 0.6) is 5.88 Å². The molecule has 0 radical (unpaired) electrons. The second-order valence-electron chi connectivity index (χ2n) is 5.27. The van der Waals surface area contributed by atoms with E-state index in [-0.39, 0.29) is 29.5 Å². The summed E-state index contributed by atoms with van der Waals surface area (Å²) in [5.74, 6) is -0.669. The monoisotopic (exact) mass is 396 g/mol. The Balaban J connectivity index is 2.25. The number of carbonyl (C=O) groups is 2. The number of aromatic nitrogens is 1. The van der Waals surface area contributed by atoms with Gasteiger partial charge in [0.2, 0.25) is 5.88 Å². The Morgan fingerprint density at radius 2 is 1.96 bits per heavy atom. The van der Waals surface area contributed by atoms with Gasteiger partial charge in [0.05, 0.1) is 31.7 Å². The van der Waals surface area contributed by atoms with Crippen LogP contribution in [0.15, 0.2) is 36.5 Å². The number of amides is 1. The summed E-state index contributed by atoms with van der Waals surface area (Å²) in [4.78, 5) is 28.5. The highest BCUT2D eigenvalue weighted by atomic mass is 35.5. The molecule has 1 amide bonds. The second-order valence-corrected chi connectivity index (χ2v) is 6.09. The van der Waals surface area contributed by atoms with E-state index in [1.165, 1.54) is 19.4 Å². The van der Waals surface area contributed by atoms with Crippen molar-refractivity contribution in [3.8, 4) is 5.88 Å². The van der Waals surface area contributed by atoms with Gasteiger partial charge >= 0.3 is 5.97 Å². The van der Waals surface area contributed by atoms with Gasteiger partial charge in [0.15, 0.2) is 0 Å². The molecule has 0 fully saturated rings. The van der Waals surface area contributed by atoms with Crippen LogP contribution in [0.2, 0.25) is 10.0 Å². The van der Waals surface area contributed by atoms with Crippen molar-refractivity contribution in [2.45, 2.75) is 19.4 Å². The van der Waals surface area contributed by atoms with Crippen LogP contribution < -0.4 is 10.1 Å². The van der Waals surface area contributed by atoms with Crippen molar-refractivity contribution in [2.24, 2.45) is 0 Å². The van der Waals surface area contributed by atoms with E-state index in [9.17, 15) is 9.59 Å². The summed E-state index contributed by atoms with van der Waals surface area (Å²) in [5.41, 5.74) is 0.847. The zero-order valence-corrected chi connectivity index (χ0v) is 15.8. The Morgan fingerprint density at radius 1 is 1.23 bits per heavy atom. The number of pyridine rings is 1. The number of methoxy groups -OCH3 is 1. The van der Waals surface area contributed by atoms with Crippen LogP contribution >= 0.6 is 23.2 Å². The Hall–Kier alpha value is -2.31. The molecule has 0 bridgehead atoms. The van der Waals surface area contributed by atoms with Gasteiger partial charge in [-0.1, -0.05) is 41.4 Å². The van der Waals surface area contributed by atoms with Crippen LogP contribution in [0, 0.1) is 0 Å². The molecule has 1 aromatic heterocycles. The molecule has 1 unspecified atom stereocenters. The van der Waals surface area contributed by atoms with Gasteiger partial charge in [0, 0.05) is 11.2 Å². The Morgan fingerprint density at radius 3 is 2.58 bits per heavy atom. The summed E-state index contributed by atoms with van der Waals surface area (Å²) in [6.07, 6.45) is 1.29. The molecule has 1 atom stereocenters. The van der Waals surface area contributed by atoms with E-state index in [1.54, 1.807) is 31.2 Å². The molecular weight excluding hydrogens is 379 g/mol. The minimum Gasteiger partial charge on any atom is -0.480 e. The highest BCUT2D eigenvalue weighted by molar-refractivity contribution is 6.32. The van der Waals surface area contributed by atoms with Crippen molar-refractivity contribution >= 4 is 35.1 Å². The number of nitrogens with zero attached hydrogens (tertiary/aromatic N) is 1. The fourth-order valence-electron chi connectivity index (χ4n) is 2.32. The molecule has 1 heterocycles. The third-order valence-corrected chi connectivity index (χ3v) is 4.14. The van der Waals surface area contributed by atoms with Crippen LogP contribution in [0.3, 0.4) is 0 Å². The molecule has 0 aliphatic rings. The maximum absolute atomic E-state index is 12.6. The molecule has 6 nitrogen and oxygen atoms in total. The maximum Gasteiger partial charge on any atom is 0.308 e. The lowest BCUT2D eigenvalue weighted by Crippen LogP contribution is -2.31. The van der Waals surface area contributed by atoms with Crippen molar-refractivity contribution in [2.75, 3.05) is 13.7 Å². The van der Waals surface area contributed by atoms with Crippen molar-refractivity contribution in [3.63, 3.8) is 0 Å². The number of halogens is 2. The summed E-state index contributed by atoms with van der Waals surface area (Å²) < 4.78 is 9.96. The van der Waals surface area contributed by atoms with Gasteiger partial charge in [-0.05, 0) is 24.6 Å². The zero-order valence-electron chi connectivity index (χ0n) is 14.3. The standard InChI is InChI=1S/C18H18Cl2N2O4/c1-3-26-16(23)9-15(12-6-4-5-7-13(12)19)22-17(24)11-8-14(20)18(25-2)21-10-11/h4-8,10,15H,3,9H2,1-2H3,(H,22,24). The average molecular weight is 397 g/mol. The first-order valence-corrected chi connectivity index (χ1v) is 8.62. The van der Waals surface area contributed by atoms with E-state index in [2.05, 4.69) is 10.3 Å². The smallest absolute Gasteiger partial charge is 0.308 e. The van der Waals surface area contributed by atoms with Crippen molar-refractivity contribution in [1.82, 2.24) is 10.3 Å². The van der Waals surface area contributed by atoms with E-state index < -0.39 is 17.9 Å². The Bertz CT molecular complexity index is 799. The molecule has 0 aliphatic heterocycles. The molecule has 2 aromatic rings. The minimum absolute atomic E-state index is 0.0549. The lowest BCUT2D eigenvalue weighted by Gasteiger charge is -2.20. The van der Waals surface area contributed by atoms with Gasteiger partial charge in [-0.15, -0.1) is 0 Å². The van der Waals surface area contributed by atoms with Gasteiger partial charge < -0.3 is 14.8 Å². The van der Waals surface area contributed by atoms with E-state index in [4.69, 9.17) is 32.7 Å². The molecule has 0 saturated heterocycles. The van der Waals surface area contributed by atoms with Crippen LogP contribution in [0.25, 0.3) is 0 Å². The third kappa shape index (κ3) is 5.09. The van der Waals surface area contributed by atoms with Crippen molar-refractivity contribution in [1.29, 1.82) is 0 Å². The Labute approximate surface area is 161 Å². The first-order valence-electron chi connectivity index (χ1n) is 7.86. The third-order valence-electron chi connectivity index (χ3n) is 3.53. The fraction of sp³-hybridized carbons (Fsp3) is 0.278. The second kappa shape index (κ2) is 9.40. The lowest BCUT2D eigenvalue weighted by atomic mass is 10.0. The highest BCUT2D eigenvalue weighted by Crippen LogP contribution is 2.27. The van der Waals surface area contributed by atoms with E-state index >= 15 is 0 Å². The van der Waals surface area contributed by atoms with Crippen molar-refractivity contribution < 1.29 is 19.1 Å². The molecule has 0 aliphatic carbocycles. The van der Waals surface area contributed by atoms with Crippen LogP contribution in [-0.2, 0) is 9.53 Å². The first kappa shape index (κ1) is 20.0. The number of nitrogens with one attached hydrogen (secondary N) is 1. The largest absolute Gasteiger partial charge is 0.480 e. The summed E-state index contributed by atoms with van der Waals surface area (Å²) in [5, 5.41) is 3.43. The molecule has 0 saturated carbocycles. The van der Waals surface area contributed by atoms with Gasteiger partial charge in [-0.2, -0.15) is 0 Å². The normalized spacial score (nSPS) is 11.5. The van der Waals surface area contributed by atoms with Crippen LogP contribution in [0.1, 0.15) is 35.3 Å². The summed E-state index contributed by atoms with van der Waals surface area (Å²) in [7, 11) is 1.43. The quantitative estimate of drug-likeness (QED) is 0.719. The number of benzene rings is 1. The zero-order chi connectivity index (χ0) is 19.1. The number of carbonyl (C=O) groups excluding carboxylic acids is 2. The van der Waals surface area contributed by atoms with Gasteiger partial charge in [0.1, 0.15) is 5.02 Å². The fourth-order valence-corrected chi connectivity index (χ4v) is 2.84. The number of hydrogen-bond acceptors (Lipinski definition) is 5. The minimum atomic E-state index is -0.656. The predicted molar refractivity (Wildman–Crippen MR) is 98.7 cm³/mol. The first-order chi connectivity index (χ1) is 12.5. The predicted octanol–water partition coefficient (Wildman–Crippen LogP) is 3.82. The van der Waals surface area contributed by atoms with E-state index in [1.807, 2.05) is 0 Å². The summed E-state index contributed by atoms with van der Waals surface area (Å²) in [6, 6.07) is 7.76. The highest BCUT2D eigenvalue weighted by Gasteiger charge is 2.22. The molecule has 1 aromatic carbocycles. The van der Waals surface area contributed by atoms with Gasteiger partial charge in [-0.3, -0.25) is 9.59 Å². The van der Waals surface area contributed by atoms with Crippen LogP contribution in [-0.4, -0.2) is 30.6 Å². The average Bonchev–Trinajstić information content (AvgIpc) is 2.61. The molecule has 138 valence electrons. The molecule has 8 heteroatoms. The summed E-state index contributed by atoms with van der Waals surface area (Å²) >= 11 is 12.2. The van der Waals surface area contributed by atoms with Crippen molar-refractivity contribution in [3.05, 3.63) is 57.7 Å². The van der Waals surface area contributed by atoms with Crippen LogP contribution in [0.4, 0.5) is 0 Å². The number of esters is 1. The molecular formula is C18H18Cl2N2O4. The molecule has 2 rings (SSSR count). The van der Waals surface area contributed by atoms with Gasteiger partial charge in [-0.25, -0.2) is 4.98 Å². The molecule has 1 N–H and O–H groups in total. The van der Waals surface area contributed by atoms with E-state index in [0.29, 0.717) is 10.6 Å². The lowest BCUT2D eigenvalue weighted by molar-refractivity contribution is -0.143. The van der Waals surface area contributed by atoms with Gasteiger partial charge in [0.25, 0.3) is 5.91 Å². The maximum atomic E-state index is 12.6. The van der Waals surface area contributed by atoms with E-state index in [0.717, 1.165) is 0 Å². The summed E-state index contributed by atoms with van der Waals surface area (Å²) in [6.45, 7) is 1.96. The SMILES string of the molecule is CCOC(=O)CC(NC(=O)c1cnc(OC)c(Cl)c1)c1ccccc1Cl. The topological polar surface area (TPSA) is 77.5 Å². The number of ether oxygens (including phenoxy) is 2. The molecule has 26 heavy (non-hydrogen) atoms. The number of rotatable bonds is 7. The molecule has 0 spiro atoms. The number of hydrogen-bond donors (Lipinski definition) is 1.